The number of nitrogens with zero attached hydrogens (tertiary/aromatic N) is 1. The lowest BCUT2D eigenvalue weighted by molar-refractivity contribution is 0.803. The second-order valence-electron chi connectivity index (χ2n) is 4.34. The van der Waals surface area contributed by atoms with Crippen molar-refractivity contribution in [2.45, 2.75) is 19.9 Å². The predicted octanol–water partition coefficient (Wildman–Crippen LogP) is 3.68. The van der Waals surface area contributed by atoms with Crippen LogP contribution in [0.4, 0.5) is 0 Å². The Labute approximate surface area is 132 Å². The van der Waals surface area contributed by atoms with Crippen molar-refractivity contribution in [2.24, 2.45) is 4.99 Å². The largest absolute Gasteiger partial charge is 0.356 e. The molecule has 0 bridgehead atoms. The van der Waals surface area contributed by atoms with E-state index in [1.165, 1.54) is 15.3 Å². The van der Waals surface area contributed by atoms with Gasteiger partial charge in [0.2, 0.25) is 0 Å². The molecule has 2 aromatic heterocycles. The van der Waals surface area contributed by atoms with Gasteiger partial charge in [-0.25, -0.2) is 0 Å². The fourth-order valence-electron chi connectivity index (χ4n) is 1.76. The molecule has 0 saturated carbocycles. The van der Waals surface area contributed by atoms with Crippen molar-refractivity contribution in [3.63, 3.8) is 0 Å². The highest BCUT2D eigenvalue weighted by Crippen LogP contribution is 2.21. The minimum absolute atomic E-state index is 0.813. The van der Waals surface area contributed by atoms with Crippen LogP contribution in [0.1, 0.15) is 15.3 Å². The highest BCUT2D eigenvalue weighted by atomic mass is 35.5. The summed E-state index contributed by atoms with van der Waals surface area (Å²) in [6.07, 6.45) is 0.954. The molecule has 0 fully saturated rings. The van der Waals surface area contributed by atoms with Crippen LogP contribution >= 0.6 is 34.3 Å². The summed E-state index contributed by atoms with van der Waals surface area (Å²) in [6, 6.07) is 6.15. The molecule has 6 heteroatoms. The zero-order valence-corrected chi connectivity index (χ0v) is 14.0. The third kappa shape index (κ3) is 4.51. The maximum atomic E-state index is 5.91. The molecule has 2 aromatic rings. The Balaban J connectivity index is 1.74. The molecule has 2 rings (SSSR count). The topological polar surface area (TPSA) is 36.4 Å². The first-order valence-corrected chi connectivity index (χ1v) is 8.48. The lowest BCUT2D eigenvalue weighted by atomic mass is 10.3. The summed E-state index contributed by atoms with van der Waals surface area (Å²) in [5.41, 5.74) is 1.33. The van der Waals surface area contributed by atoms with Crippen LogP contribution in [0.2, 0.25) is 4.34 Å². The first kappa shape index (κ1) is 15.4. The highest BCUT2D eigenvalue weighted by Gasteiger charge is 2.03. The van der Waals surface area contributed by atoms with E-state index < -0.39 is 0 Å². The fraction of sp³-hybridized carbons (Fsp3) is 0.357. The number of aliphatic imine (C=N–C) groups is 1. The molecule has 0 unspecified atom stereocenters. The highest BCUT2D eigenvalue weighted by molar-refractivity contribution is 7.16. The number of nitrogens with one attached hydrogen (secondary N) is 2. The summed E-state index contributed by atoms with van der Waals surface area (Å²) in [4.78, 5) is 6.86. The van der Waals surface area contributed by atoms with E-state index in [4.69, 9.17) is 11.6 Å². The summed E-state index contributed by atoms with van der Waals surface area (Å²) in [5.74, 6) is 0.834. The van der Waals surface area contributed by atoms with Gasteiger partial charge >= 0.3 is 0 Å². The number of rotatable bonds is 5. The lowest BCUT2D eigenvalue weighted by Gasteiger charge is -2.11. The third-order valence-corrected chi connectivity index (χ3v) is 5.21. The van der Waals surface area contributed by atoms with E-state index in [1.54, 1.807) is 29.7 Å². The number of thiophene rings is 2. The molecular formula is C14H18ClN3S2. The molecule has 0 atom stereocenters. The van der Waals surface area contributed by atoms with Gasteiger partial charge in [-0.15, -0.1) is 22.7 Å². The molecule has 0 aliphatic rings. The van der Waals surface area contributed by atoms with Crippen LogP contribution in [-0.4, -0.2) is 19.6 Å². The number of hydrogen-bond acceptors (Lipinski definition) is 3. The number of hydrogen-bond donors (Lipinski definition) is 2. The molecule has 108 valence electrons. The van der Waals surface area contributed by atoms with Gasteiger partial charge in [-0.1, -0.05) is 11.6 Å². The second-order valence-corrected chi connectivity index (χ2v) is 7.14. The van der Waals surface area contributed by atoms with Crippen LogP contribution in [0.3, 0.4) is 0 Å². The summed E-state index contributed by atoms with van der Waals surface area (Å²) in [7, 11) is 1.79. The maximum absolute atomic E-state index is 5.91. The first-order valence-electron chi connectivity index (χ1n) is 6.40. The van der Waals surface area contributed by atoms with Gasteiger partial charge < -0.3 is 10.6 Å². The average Bonchev–Trinajstić information content (AvgIpc) is 3.03. The predicted molar refractivity (Wildman–Crippen MR) is 90.3 cm³/mol. The Kier molecular flexibility index (Phi) is 5.88. The zero-order chi connectivity index (χ0) is 14.4. The molecule has 0 spiro atoms. The maximum Gasteiger partial charge on any atom is 0.191 e. The standard InChI is InChI=1S/C14H18ClN3S2/c1-10-6-8-19-12(10)9-18-14(16-2)17-7-5-11-3-4-13(15)20-11/h3-4,6,8H,5,7,9H2,1-2H3,(H2,16,17,18). The smallest absolute Gasteiger partial charge is 0.191 e. The SMILES string of the molecule is CN=C(NCCc1ccc(Cl)s1)NCc1sccc1C. The van der Waals surface area contributed by atoms with Gasteiger partial charge in [0.1, 0.15) is 0 Å². The second kappa shape index (κ2) is 7.67. The van der Waals surface area contributed by atoms with E-state index in [0.717, 1.165) is 29.8 Å². The third-order valence-electron chi connectivity index (χ3n) is 2.90. The average molecular weight is 328 g/mol. The van der Waals surface area contributed by atoms with E-state index >= 15 is 0 Å². The summed E-state index contributed by atoms with van der Waals surface area (Å²) >= 11 is 9.31. The van der Waals surface area contributed by atoms with Crippen LogP contribution in [0.15, 0.2) is 28.6 Å². The van der Waals surface area contributed by atoms with Crippen LogP contribution in [0, 0.1) is 6.92 Å². The molecule has 20 heavy (non-hydrogen) atoms. The van der Waals surface area contributed by atoms with Crippen LogP contribution in [0.5, 0.6) is 0 Å². The van der Waals surface area contributed by atoms with Gasteiger partial charge in [0.15, 0.2) is 5.96 Å². The van der Waals surface area contributed by atoms with Crippen molar-refractivity contribution < 1.29 is 0 Å². The Morgan fingerprint density at radius 1 is 1.30 bits per heavy atom. The number of halogens is 1. The van der Waals surface area contributed by atoms with Crippen molar-refractivity contribution >= 4 is 40.2 Å². The van der Waals surface area contributed by atoms with E-state index in [9.17, 15) is 0 Å². The molecule has 0 amide bonds. The molecule has 3 nitrogen and oxygen atoms in total. The number of guanidine groups is 1. The molecule has 0 aromatic carbocycles. The molecular weight excluding hydrogens is 310 g/mol. The van der Waals surface area contributed by atoms with Gasteiger partial charge in [0, 0.05) is 23.3 Å². The summed E-state index contributed by atoms with van der Waals surface area (Å²) in [6.45, 7) is 3.79. The normalized spacial score (nSPS) is 11.7. The van der Waals surface area contributed by atoms with Gasteiger partial charge in [-0.2, -0.15) is 0 Å². The lowest BCUT2D eigenvalue weighted by Crippen LogP contribution is -2.37. The van der Waals surface area contributed by atoms with Gasteiger partial charge in [0.25, 0.3) is 0 Å². The number of aryl methyl sites for hydroxylation is 1. The Bertz CT molecular complexity index is 574. The molecule has 0 radical (unpaired) electrons. The van der Waals surface area contributed by atoms with Gasteiger partial charge in [0.05, 0.1) is 10.9 Å². The minimum Gasteiger partial charge on any atom is -0.356 e. The monoisotopic (exact) mass is 327 g/mol. The van der Waals surface area contributed by atoms with Gasteiger partial charge in [-0.05, 0) is 42.5 Å². The van der Waals surface area contributed by atoms with Gasteiger partial charge in [-0.3, -0.25) is 4.99 Å². The van der Waals surface area contributed by atoms with E-state index in [0.29, 0.717) is 0 Å². The Morgan fingerprint density at radius 2 is 2.15 bits per heavy atom. The van der Waals surface area contributed by atoms with E-state index in [1.807, 2.05) is 6.07 Å². The molecule has 0 saturated heterocycles. The van der Waals surface area contributed by atoms with Crippen LogP contribution in [-0.2, 0) is 13.0 Å². The first-order chi connectivity index (χ1) is 9.69. The van der Waals surface area contributed by atoms with Crippen LogP contribution in [0.25, 0.3) is 0 Å². The van der Waals surface area contributed by atoms with Crippen molar-refractivity contribution in [3.8, 4) is 0 Å². The van der Waals surface area contributed by atoms with Crippen molar-refractivity contribution in [3.05, 3.63) is 43.2 Å². The van der Waals surface area contributed by atoms with E-state index in [-0.39, 0.29) is 0 Å². The van der Waals surface area contributed by atoms with Crippen molar-refractivity contribution in [1.29, 1.82) is 0 Å². The fourth-order valence-corrected chi connectivity index (χ4v) is 3.69. The molecule has 2 heterocycles. The summed E-state index contributed by atoms with van der Waals surface area (Å²) < 4.78 is 0.843. The minimum atomic E-state index is 0.813. The molecule has 0 aliphatic carbocycles. The van der Waals surface area contributed by atoms with E-state index in [2.05, 4.69) is 40.1 Å². The van der Waals surface area contributed by atoms with Crippen LogP contribution < -0.4 is 10.6 Å². The van der Waals surface area contributed by atoms with Crippen molar-refractivity contribution in [1.82, 2.24) is 10.6 Å². The zero-order valence-electron chi connectivity index (χ0n) is 11.6. The molecule has 0 aliphatic heterocycles. The Morgan fingerprint density at radius 3 is 2.75 bits per heavy atom. The van der Waals surface area contributed by atoms with Crippen molar-refractivity contribution in [2.75, 3.05) is 13.6 Å². The quantitative estimate of drug-likeness (QED) is 0.649. The summed E-state index contributed by atoms with van der Waals surface area (Å²) in [5, 5.41) is 8.76. The Hall–Kier alpha value is -1.04. The molecule has 2 N–H and O–H groups in total.